The van der Waals surface area contributed by atoms with Crippen molar-refractivity contribution in [1.29, 1.82) is 0 Å². The minimum atomic E-state index is -0.602. The molecule has 0 atom stereocenters. The van der Waals surface area contributed by atoms with Crippen LogP contribution >= 0.6 is 0 Å². The second-order valence-electron chi connectivity index (χ2n) is 7.97. The predicted octanol–water partition coefficient (Wildman–Crippen LogP) is 3.26. The molecule has 5 N–H and O–H groups in total. The van der Waals surface area contributed by atoms with Gasteiger partial charge in [0.15, 0.2) is 5.82 Å². The van der Waals surface area contributed by atoms with Crippen LogP contribution in [0.2, 0.25) is 0 Å². The molecule has 0 aliphatic heterocycles. The van der Waals surface area contributed by atoms with Crippen LogP contribution in [0.1, 0.15) is 63.8 Å². The number of amides is 1. The van der Waals surface area contributed by atoms with Crippen LogP contribution in [0.3, 0.4) is 0 Å². The first kappa shape index (κ1) is 22.8. The van der Waals surface area contributed by atoms with Crippen LogP contribution in [0.5, 0.6) is 5.75 Å². The number of nitrogens with two attached hydrogens (primary N) is 2. The van der Waals surface area contributed by atoms with Gasteiger partial charge in [-0.2, -0.15) is 0 Å². The Bertz CT molecular complexity index is 712. The van der Waals surface area contributed by atoms with E-state index in [9.17, 15) is 4.79 Å². The predicted molar refractivity (Wildman–Crippen MR) is 113 cm³/mol. The zero-order valence-electron chi connectivity index (χ0n) is 18.0. The fourth-order valence-corrected chi connectivity index (χ4v) is 3.17. The number of pyridine rings is 1. The fraction of sp³-hybridized carbons (Fsp3) is 0.619. The zero-order valence-corrected chi connectivity index (χ0v) is 18.0. The Morgan fingerprint density at radius 1 is 1.31 bits per heavy atom. The molecule has 0 bridgehead atoms. The maximum Gasteiger partial charge on any atom is 0.412 e. The molecular formula is C21H35N5O3. The van der Waals surface area contributed by atoms with Gasteiger partial charge in [0.2, 0.25) is 0 Å². The summed E-state index contributed by atoms with van der Waals surface area (Å²) >= 11 is 0. The molecule has 162 valence electrons. The summed E-state index contributed by atoms with van der Waals surface area (Å²) in [4.78, 5) is 16.6. The van der Waals surface area contributed by atoms with Crippen LogP contribution in [0.4, 0.5) is 4.79 Å². The molecule has 0 spiro atoms. The van der Waals surface area contributed by atoms with Crippen molar-refractivity contribution in [3.05, 3.63) is 29.3 Å². The van der Waals surface area contributed by atoms with Crippen molar-refractivity contribution >= 4 is 11.8 Å². The molecule has 8 heteroatoms. The van der Waals surface area contributed by atoms with Crippen LogP contribution in [0, 0.1) is 12.8 Å². The quantitative estimate of drug-likeness (QED) is 0.449. The number of nitrogens with one attached hydrogen (secondary N) is 1. The second-order valence-corrected chi connectivity index (χ2v) is 7.97. The van der Waals surface area contributed by atoms with Gasteiger partial charge in [-0.25, -0.2) is 15.6 Å². The Kier molecular flexibility index (Phi) is 8.57. The van der Waals surface area contributed by atoms with Crippen molar-refractivity contribution < 1.29 is 14.3 Å². The summed E-state index contributed by atoms with van der Waals surface area (Å²) in [7, 11) is 1.59. The average Bonchev–Trinajstić information content (AvgIpc) is 2.67. The first-order valence-corrected chi connectivity index (χ1v) is 10.3. The van der Waals surface area contributed by atoms with E-state index in [1.165, 1.54) is 24.3 Å². The number of rotatable bonds is 8. The Morgan fingerprint density at radius 2 is 2.00 bits per heavy atom. The molecule has 0 unspecified atom stereocenters. The highest BCUT2D eigenvalue weighted by Gasteiger charge is 2.18. The van der Waals surface area contributed by atoms with Gasteiger partial charge in [-0.15, -0.1) is 0 Å². The molecule has 1 aliphatic carbocycles. The van der Waals surface area contributed by atoms with Crippen molar-refractivity contribution in [2.24, 2.45) is 17.5 Å². The molecule has 8 nitrogen and oxygen atoms in total. The lowest BCUT2D eigenvalue weighted by atomic mass is 9.98. The van der Waals surface area contributed by atoms with E-state index < -0.39 is 6.09 Å². The van der Waals surface area contributed by atoms with Crippen molar-refractivity contribution in [3.63, 3.8) is 0 Å². The number of carbonyl (C=O) groups excluding carboxylic acids is 1. The highest BCUT2D eigenvalue weighted by molar-refractivity contribution is 5.74. The monoisotopic (exact) mass is 405 g/mol. The van der Waals surface area contributed by atoms with Gasteiger partial charge in [0.25, 0.3) is 0 Å². The van der Waals surface area contributed by atoms with Crippen LogP contribution in [-0.4, -0.2) is 35.8 Å². The molecule has 29 heavy (non-hydrogen) atoms. The number of alkyl carbamates (subject to hydrolysis) is 1. The maximum atomic E-state index is 12.1. The SMILES string of the molecule is Cc1nc(/C(N)=C(\NC(=O)OCCC(C)C)N(C)N)ccc1OC1CCCCC1. The molecule has 1 aromatic heterocycles. The number of hydrazine groups is 1. The van der Waals surface area contributed by atoms with Crippen molar-refractivity contribution in [3.8, 4) is 5.75 Å². The molecule has 1 heterocycles. The number of carbonyl (C=O) groups is 1. The molecular weight excluding hydrogens is 370 g/mol. The summed E-state index contributed by atoms with van der Waals surface area (Å²) in [6.07, 6.45) is 6.27. The third-order valence-corrected chi connectivity index (χ3v) is 4.92. The minimum Gasteiger partial charge on any atom is -0.489 e. The van der Waals surface area contributed by atoms with E-state index in [1.54, 1.807) is 13.1 Å². The van der Waals surface area contributed by atoms with E-state index in [4.69, 9.17) is 21.1 Å². The van der Waals surface area contributed by atoms with E-state index in [-0.39, 0.29) is 17.6 Å². The highest BCUT2D eigenvalue weighted by atomic mass is 16.5. The molecule has 1 saturated carbocycles. The summed E-state index contributed by atoms with van der Waals surface area (Å²) in [5.74, 6) is 7.30. The molecule has 2 rings (SSSR count). The molecule has 1 amide bonds. The van der Waals surface area contributed by atoms with E-state index in [0.29, 0.717) is 18.2 Å². The Hall–Kier alpha value is -2.48. The largest absolute Gasteiger partial charge is 0.489 e. The summed E-state index contributed by atoms with van der Waals surface area (Å²) in [6.45, 7) is 6.34. The molecule has 0 saturated heterocycles. The third-order valence-electron chi connectivity index (χ3n) is 4.92. The number of ether oxygens (including phenoxy) is 2. The number of hydrogen-bond acceptors (Lipinski definition) is 7. The number of aryl methyl sites for hydroxylation is 1. The van der Waals surface area contributed by atoms with Gasteiger partial charge in [-0.1, -0.05) is 20.3 Å². The summed E-state index contributed by atoms with van der Waals surface area (Å²) < 4.78 is 11.3. The number of hydrogen-bond donors (Lipinski definition) is 3. The smallest absolute Gasteiger partial charge is 0.412 e. The zero-order chi connectivity index (χ0) is 21.4. The van der Waals surface area contributed by atoms with Crippen molar-refractivity contribution in [1.82, 2.24) is 15.3 Å². The lowest BCUT2D eigenvalue weighted by molar-refractivity contribution is 0.140. The molecule has 1 aromatic rings. The van der Waals surface area contributed by atoms with Crippen LogP contribution in [-0.2, 0) is 4.74 Å². The lowest BCUT2D eigenvalue weighted by Crippen LogP contribution is -2.39. The highest BCUT2D eigenvalue weighted by Crippen LogP contribution is 2.26. The molecule has 0 aromatic carbocycles. The fourth-order valence-electron chi connectivity index (χ4n) is 3.17. The van der Waals surface area contributed by atoms with Crippen LogP contribution in [0.15, 0.2) is 18.0 Å². The van der Waals surface area contributed by atoms with E-state index >= 15 is 0 Å². The molecule has 1 fully saturated rings. The molecule has 0 radical (unpaired) electrons. The Morgan fingerprint density at radius 3 is 2.59 bits per heavy atom. The van der Waals surface area contributed by atoms with E-state index in [2.05, 4.69) is 24.1 Å². The van der Waals surface area contributed by atoms with Gasteiger partial charge >= 0.3 is 6.09 Å². The van der Waals surface area contributed by atoms with E-state index in [1.807, 2.05) is 13.0 Å². The van der Waals surface area contributed by atoms with Gasteiger partial charge in [-0.05, 0) is 57.1 Å². The van der Waals surface area contributed by atoms with Crippen LogP contribution in [0.25, 0.3) is 5.70 Å². The Balaban J connectivity index is 2.10. The topological polar surface area (TPSA) is 116 Å². The number of nitrogens with zero attached hydrogens (tertiary/aromatic N) is 2. The maximum absolute atomic E-state index is 12.1. The normalized spacial score (nSPS) is 15.7. The summed E-state index contributed by atoms with van der Waals surface area (Å²) in [5.41, 5.74) is 7.76. The summed E-state index contributed by atoms with van der Waals surface area (Å²) in [6, 6.07) is 3.64. The lowest BCUT2D eigenvalue weighted by Gasteiger charge is -2.24. The van der Waals surface area contributed by atoms with Crippen LogP contribution < -0.4 is 21.6 Å². The molecule has 1 aliphatic rings. The average molecular weight is 406 g/mol. The second kappa shape index (κ2) is 10.9. The van der Waals surface area contributed by atoms with Gasteiger partial charge < -0.3 is 15.2 Å². The van der Waals surface area contributed by atoms with Gasteiger partial charge in [0.1, 0.15) is 11.4 Å². The first-order valence-electron chi connectivity index (χ1n) is 10.3. The third kappa shape index (κ3) is 7.12. The Labute approximate surface area is 173 Å². The summed E-state index contributed by atoms with van der Waals surface area (Å²) in [5, 5.41) is 3.85. The van der Waals surface area contributed by atoms with Crippen molar-refractivity contribution in [2.75, 3.05) is 13.7 Å². The standard InChI is InChI=1S/C21H35N5O3/c1-14(2)12-13-28-21(27)25-20(26(4)23)19(22)17-10-11-18(15(3)24-17)29-16-8-6-5-7-9-16/h10-11,14,16H,5-9,12-13,22-23H2,1-4H3,(H,25,27)/b20-19-. The van der Waals surface area contributed by atoms with Gasteiger partial charge in [0.05, 0.1) is 24.1 Å². The van der Waals surface area contributed by atoms with Gasteiger partial charge in [0, 0.05) is 7.05 Å². The minimum absolute atomic E-state index is 0.229. The van der Waals surface area contributed by atoms with E-state index in [0.717, 1.165) is 30.7 Å². The van der Waals surface area contributed by atoms with Crippen molar-refractivity contribution in [2.45, 2.75) is 65.4 Å². The first-order chi connectivity index (χ1) is 13.8. The van der Waals surface area contributed by atoms with Gasteiger partial charge in [-0.3, -0.25) is 10.3 Å². The number of aromatic nitrogens is 1.